The zero-order valence-corrected chi connectivity index (χ0v) is 21.7. The number of H-pyrrole nitrogens is 1. The van der Waals surface area contributed by atoms with Crippen LogP contribution >= 0.6 is 11.8 Å². The average Bonchev–Trinajstić information content (AvgIpc) is 3.29. The minimum Gasteiger partial charge on any atom is -0.376 e. The highest BCUT2D eigenvalue weighted by atomic mass is 32.2. The smallest absolute Gasteiger partial charge is 0.329 e. The van der Waals surface area contributed by atoms with Crippen LogP contribution < -0.4 is 11.2 Å². The van der Waals surface area contributed by atoms with Crippen LogP contribution in [-0.2, 0) is 34.0 Å². The summed E-state index contributed by atoms with van der Waals surface area (Å²) in [4.78, 5) is 26.9. The Bertz CT molecular complexity index is 1390. The maximum atomic E-state index is 12.8. The van der Waals surface area contributed by atoms with Crippen molar-refractivity contribution in [3.05, 3.63) is 141 Å². The number of ether oxygens (including phenoxy) is 3. The Balaban J connectivity index is 1.41. The lowest BCUT2D eigenvalue weighted by Crippen LogP contribution is -2.40. The van der Waals surface area contributed by atoms with Gasteiger partial charge in [-0.1, -0.05) is 91.0 Å². The summed E-state index contributed by atoms with van der Waals surface area (Å²) in [5, 5.41) is -0.513. The molecule has 0 radical (unpaired) electrons. The third kappa shape index (κ3) is 6.71. The summed E-state index contributed by atoms with van der Waals surface area (Å²) in [6.07, 6.45) is 0.709. The Labute approximate surface area is 225 Å². The number of rotatable bonds is 11. The summed E-state index contributed by atoms with van der Waals surface area (Å²) in [7, 11) is 0. The zero-order valence-electron chi connectivity index (χ0n) is 20.8. The van der Waals surface area contributed by atoms with E-state index in [9.17, 15) is 9.59 Å². The molecule has 8 heteroatoms. The van der Waals surface area contributed by atoms with Gasteiger partial charge in [0.25, 0.3) is 5.56 Å². The van der Waals surface area contributed by atoms with Gasteiger partial charge in [-0.15, -0.1) is 11.8 Å². The molecule has 196 valence electrons. The maximum absolute atomic E-state index is 12.8. The quantitative estimate of drug-likeness (QED) is 0.307. The number of hydrogen-bond acceptors (Lipinski definition) is 6. The first-order valence-corrected chi connectivity index (χ1v) is 13.5. The minimum absolute atomic E-state index is 0.105. The molecule has 2 heterocycles. The molecule has 3 aromatic carbocycles. The first kappa shape index (κ1) is 26.2. The van der Waals surface area contributed by atoms with Gasteiger partial charge in [0, 0.05) is 12.3 Å². The van der Waals surface area contributed by atoms with E-state index >= 15 is 0 Å². The van der Waals surface area contributed by atoms with Crippen LogP contribution in [0.25, 0.3) is 0 Å². The van der Waals surface area contributed by atoms with Gasteiger partial charge in [-0.2, -0.15) is 0 Å². The second kappa shape index (κ2) is 12.9. The zero-order chi connectivity index (χ0) is 26.2. The third-order valence-electron chi connectivity index (χ3n) is 6.38. The Kier molecular flexibility index (Phi) is 8.88. The van der Waals surface area contributed by atoms with Crippen molar-refractivity contribution in [3.63, 3.8) is 0 Å². The van der Waals surface area contributed by atoms with Crippen LogP contribution in [0.4, 0.5) is 0 Å². The van der Waals surface area contributed by atoms with Crippen molar-refractivity contribution in [1.82, 2.24) is 9.55 Å². The molecular formula is C30H30N2O5S. The lowest BCUT2D eigenvalue weighted by molar-refractivity contribution is -0.0920. The Hall–Kier alpha value is -3.43. The molecule has 7 nitrogen and oxygen atoms in total. The van der Waals surface area contributed by atoms with Crippen molar-refractivity contribution >= 4 is 11.8 Å². The normalized spacial score (nSPS) is 20.9. The second-order valence-electron chi connectivity index (χ2n) is 9.11. The monoisotopic (exact) mass is 530 g/mol. The second-order valence-corrected chi connectivity index (χ2v) is 10.5. The van der Waals surface area contributed by atoms with Gasteiger partial charge in [0.2, 0.25) is 0 Å². The van der Waals surface area contributed by atoms with Crippen LogP contribution in [0.5, 0.6) is 0 Å². The fourth-order valence-corrected chi connectivity index (χ4v) is 6.08. The highest BCUT2D eigenvalue weighted by Gasteiger charge is 2.47. The third-order valence-corrected chi connectivity index (χ3v) is 7.90. The molecule has 38 heavy (non-hydrogen) atoms. The molecule has 0 amide bonds. The maximum Gasteiger partial charge on any atom is 0.329 e. The Morgan fingerprint density at radius 2 is 1.21 bits per heavy atom. The summed E-state index contributed by atoms with van der Waals surface area (Å²) in [5.41, 5.74) is 2.25. The number of benzene rings is 3. The van der Waals surface area contributed by atoms with Gasteiger partial charge in [0.15, 0.2) is 0 Å². The van der Waals surface area contributed by atoms with E-state index in [-0.39, 0.29) is 11.4 Å². The first-order valence-electron chi connectivity index (χ1n) is 12.6. The molecule has 1 fully saturated rings. The molecule has 0 aliphatic carbocycles. The largest absolute Gasteiger partial charge is 0.376 e. The molecule has 0 spiro atoms. The molecule has 0 unspecified atom stereocenters. The van der Waals surface area contributed by atoms with E-state index in [0.717, 1.165) is 16.7 Å². The van der Waals surface area contributed by atoms with Crippen molar-refractivity contribution < 1.29 is 14.2 Å². The molecule has 5 rings (SSSR count). The van der Waals surface area contributed by atoms with Crippen LogP contribution in [-0.4, -0.2) is 33.6 Å². The average molecular weight is 531 g/mol. The predicted octanol–water partition coefficient (Wildman–Crippen LogP) is 4.54. The van der Waals surface area contributed by atoms with Gasteiger partial charge in [0.05, 0.1) is 31.7 Å². The number of nitrogens with one attached hydrogen (secondary N) is 1. The summed E-state index contributed by atoms with van der Waals surface area (Å²) < 4.78 is 20.6. The molecule has 4 aromatic rings. The minimum atomic E-state index is -0.476. The SMILES string of the molecule is O=c1ccn([C@@H]2S[C@H](COCc3ccccc3)[C@@H](OCc3ccccc3)[C@@H]2OCc2ccccc2)c(=O)[nH]1. The van der Waals surface area contributed by atoms with Crippen molar-refractivity contribution in [2.75, 3.05) is 6.61 Å². The van der Waals surface area contributed by atoms with E-state index in [1.54, 1.807) is 11.8 Å². The van der Waals surface area contributed by atoms with E-state index in [1.165, 1.54) is 16.8 Å². The van der Waals surface area contributed by atoms with Gasteiger partial charge in [-0.05, 0) is 16.7 Å². The number of hydrogen-bond donors (Lipinski definition) is 1. The standard InChI is InChI=1S/C30H30N2O5S/c33-26-16-17-32(30(34)31-26)29-28(37-20-24-14-8-3-9-15-24)27(36-19-23-12-6-2-7-13-23)25(38-29)21-35-18-22-10-4-1-5-11-22/h1-17,25,27-29H,18-21H2,(H,31,33,34)/t25-,27-,28+,29-/m1/s1. The van der Waals surface area contributed by atoms with Gasteiger partial charge in [-0.25, -0.2) is 4.79 Å². The number of aromatic amines is 1. The molecule has 1 N–H and O–H groups in total. The molecule has 1 aromatic heterocycles. The Morgan fingerprint density at radius 3 is 1.76 bits per heavy atom. The lowest BCUT2D eigenvalue weighted by atomic mass is 10.1. The van der Waals surface area contributed by atoms with Crippen LogP contribution in [0, 0.1) is 0 Å². The number of nitrogens with zero attached hydrogens (tertiary/aromatic N) is 1. The molecule has 1 aliphatic rings. The van der Waals surface area contributed by atoms with Crippen molar-refractivity contribution in [1.29, 1.82) is 0 Å². The molecule has 1 saturated heterocycles. The van der Waals surface area contributed by atoms with Gasteiger partial charge in [0.1, 0.15) is 17.6 Å². The van der Waals surface area contributed by atoms with Crippen LogP contribution in [0.15, 0.2) is 113 Å². The molecule has 0 saturated carbocycles. The van der Waals surface area contributed by atoms with E-state index in [4.69, 9.17) is 14.2 Å². The van der Waals surface area contributed by atoms with Crippen molar-refractivity contribution in [2.45, 2.75) is 42.7 Å². The fourth-order valence-electron chi connectivity index (χ4n) is 4.47. The lowest BCUT2D eigenvalue weighted by Gasteiger charge is -2.27. The predicted molar refractivity (Wildman–Crippen MR) is 148 cm³/mol. The van der Waals surface area contributed by atoms with Crippen molar-refractivity contribution in [2.24, 2.45) is 0 Å². The van der Waals surface area contributed by atoms with E-state index in [1.807, 2.05) is 91.0 Å². The Morgan fingerprint density at radius 1 is 0.684 bits per heavy atom. The summed E-state index contributed by atoms with van der Waals surface area (Å²) in [5.74, 6) is 0. The molecule has 4 atom stereocenters. The molecule has 1 aliphatic heterocycles. The van der Waals surface area contributed by atoms with Crippen LogP contribution in [0.1, 0.15) is 22.1 Å². The van der Waals surface area contributed by atoms with Gasteiger partial charge in [-0.3, -0.25) is 14.3 Å². The van der Waals surface area contributed by atoms with E-state index < -0.39 is 22.7 Å². The van der Waals surface area contributed by atoms with Crippen molar-refractivity contribution in [3.8, 4) is 0 Å². The fraction of sp³-hybridized carbons (Fsp3) is 0.267. The van der Waals surface area contributed by atoms with Gasteiger partial charge < -0.3 is 14.2 Å². The number of thioether (sulfide) groups is 1. The topological polar surface area (TPSA) is 82.5 Å². The van der Waals surface area contributed by atoms with Crippen LogP contribution in [0.2, 0.25) is 0 Å². The summed E-state index contributed by atoms with van der Waals surface area (Å²) in [6, 6.07) is 31.2. The van der Waals surface area contributed by atoms with Gasteiger partial charge >= 0.3 is 5.69 Å². The highest BCUT2D eigenvalue weighted by Crippen LogP contribution is 2.45. The van der Waals surface area contributed by atoms with E-state index in [2.05, 4.69) is 4.98 Å². The first-order chi connectivity index (χ1) is 18.7. The van der Waals surface area contributed by atoms with Crippen LogP contribution in [0.3, 0.4) is 0 Å². The summed E-state index contributed by atoms with van der Waals surface area (Å²) >= 11 is 1.57. The molecular weight excluding hydrogens is 500 g/mol. The molecule has 0 bridgehead atoms. The van der Waals surface area contributed by atoms with E-state index in [0.29, 0.717) is 26.4 Å². The highest BCUT2D eigenvalue weighted by molar-refractivity contribution is 8.00. The summed E-state index contributed by atoms with van der Waals surface area (Å²) in [6.45, 7) is 1.66. The number of aromatic nitrogens is 2.